The van der Waals surface area contributed by atoms with E-state index >= 15 is 0 Å². The van der Waals surface area contributed by atoms with Crippen molar-refractivity contribution in [2.75, 3.05) is 4.90 Å². The maximum Gasteiger partial charge on any atom is 0.0585 e. The standard InChI is InChI=1S/C56H44N2/c1-55(2)49-21-13-11-19-45(49)46-33-32-44(36-51(46)55)58-52-22-14-12-20-47(52)53-54(58)48-35-40(27-34-50(48)56(53,3)4)39-25-30-43(31-26-39)57(41-17-9-6-10-18-41)42-28-23-38(24-29-42)37-15-7-5-8-16-37/h5-36H,1-4H3. The number of fused-ring (bicyclic) bond motifs is 8. The number of nitrogens with zero attached hydrogens (tertiary/aromatic N) is 2. The molecule has 0 bridgehead atoms. The van der Waals surface area contributed by atoms with E-state index in [0.29, 0.717) is 0 Å². The number of para-hydroxylation sites is 2. The van der Waals surface area contributed by atoms with Gasteiger partial charge in [-0.25, -0.2) is 0 Å². The average molecular weight is 745 g/mol. The number of rotatable bonds is 6. The van der Waals surface area contributed by atoms with Gasteiger partial charge in [0.2, 0.25) is 0 Å². The Morgan fingerprint density at radius 3 is 1.64 bits per heavy atom. The molecule has 0 aliphatic heterocycles. The minimum atomic E-state index is -0.156. The molecule has 2 heteroatoms. The van der Waals surface area contributed by atoms with Crippen LogP contribution in [0.15, 0.2) is 194 Å². The molecule has 11 rings (SSSR count). The first-order chi connectivity index (χ1) is 28.3. The van der Waals surface area contributed by atoms with Crippen LogP contribution in [0.2, 0.25) is 0 Å². The minimum Gasteiger partial charge on any atom is -0.311 e. The minimum absolute atomic E-state index is 0.0771. The lowest BCUT2D eigenvalue weighted by molar-refractivity contribution is 0.659. The van der Waals surface area contributed by atoms with Crippen molar-refractivity contribution in [3.63, 3.8) is 0 Å². The Kier molecular flexibility index (Phi) is 7.59. The predicted octanol–water partition coefficient (Wildman–Crippen LogP) is 15.0. The van der Waals surface area contributed by atoms with Crippen molar-refractivity contribution < 1.29 is 0 Å². The van der Waals surface area contributed by atoms with Crippen LogP contribution in [0.5, 0.6) is 0 Å². The first-order valence-corrected chi connectivity index (χ1v) is 20.4. The summed E-state index contributed by atoms with van der Waals surface area (Å²) in [6.07, 6.45) is 0. The lowest BCUT2D eigenvalue weighted by atomic mass is 9.81. The fraction of sp³-hybridized carbons (Fsp3) is 0.107. The van der Waals surface area contributed by atoms with Crippen molar-refractivity contribution in [3.8, 4) is 50.3 Å². The van der Waals surface area contributed by atoms with Gasteiger partial charge in [0.05, 0.1) is 11.2 Å². The van der Waals surface area contributed by atoms with Gasteiger partial charge < -0.3 is 9.47 Å². The predicted molar refractivity (Wildman–Crippen MR) is 244 cm³/mol. The van der Waals surface area contributed by atoms with Crippen LogP contribution >= 0.6 is 0 Å². The van der Waals surface area contributed by atoms with Crippen molar-refractivity contribution in [1.29, 1.82) is 0 Å². The average Bonchev–Trinajstić information content (AvgIpc) is 3.83. The Balaban J connectivity index is 1.01. The van der Waals surface area contributed by atoms with Gasteiger partial charge >= 0.3 is 0 Å². The van der Waals surface area contributed by atoms with Crippen molar-refractivity contribution in [1.82, 2.24) is 4.57 Å². The summed E-state index contributed by atoms with van der Waals surface area (Å²) in [6.45, 7) is 9.54. The van der Waals surface area contributed by atoms with Crippen LogP contribution in [0.4, 0.5) is 17.1 Å². The van der Waals surface area contributed by atoms with Crippen LogP contribution < -0.4 is 4.90 Å². The van der Waals surface area contributed by atoms with E-state index < -0.39 is 0 Å². The Labute approximate surface area is 341 Å². The van der Waals surface area contributed by atoms with E-state index in [9.17, 15) is 0 Å². The summed E-state index contributed by atoms with van der Waals surface area (Å²) >= 11 is 0. The van der Waals surface area contributed by atoms with Gasteiger partial charge in [0.15, 0.2) is 0 Å². The largest absolute Gasteiger partial charge is 0.311 e. The Bertz CT molecular complexity index is 3020. The van der Waals surface area contributed by atoms with Gasteiger partial charge in [-0.1, -0.05) is 161 Å². The van der Waals surface area contributed by atoms with Crippen molar-refractivity contribution in [3.05, 3.63) is 216 Å². The maximum absolute atomic E-state index is 2.55. The van der Waals surface area contributed by atoms with Crippen molar-refractivity contribution in [2.45, 2.75) is 38.5 Å². The fourth-order valence-corrected chi connectivity index (χ4v) is 10.1. The van der Waals surface area contributed by atoms with Gasteiger partial charge in [-0.3, -0.25) is 0 Å². The third-order valence-corrected chi connectivity index (χ3v) is 13.0. The molecular weight excluding hydrogens is 701 g/mol. The normalized spacial score (nSPS) is 14.1. The molecule has 278 valence electrons. The van der Waals surface area contributed by atoms with Gasteiger partial charge in [-0.2, -0.15) is 0 Å². The monoisotopic (exact) mass is 744 g/mol. The zero-order chi connectivity index (χ0) is 39.2. The van der Waals surface area contributed by atoms with Crippen LogP contribution in [0, 0.1) is 0 Å². The summed E-state index contributed by atoms with van der Waals surface area (Å²) in [5, 5.41) is 1.32. The molecule has 0 saturated carbocycles. The molecule has 2 aliphatic carbocycles. The van der Waals surface area contributed by atoms with E-state index in [1.807, 2.05) is 0 Å². The van der Waals surface area contributed by atoms with Gasteiger partial charge in [0, 0.05) is 44.5 Å². The second kappa shape index (κ2) is 12.8. The molecule has 2 aliphatic rings. The summed E-state index contributed by atoms with van der Waals surface area (Å²) in [5.74, 6) is 0. The van der Waals surface area contributed by atoms with E-state index in [1.54, 1.807) is 0 Å². The number of hydrogen-bond donors (Lipinski definition) is 0. The highest BCUT2D eigenvalue weighted by atomic mass is 15.1. The highest BCUT2D eigenvalue weighted by Gasteiger charge is 2.41. The van der Waals surface area contributed by atoms with Crippen LogP contribution in [0.25, 0.3) is 61.2 Å². The summed E-state index contributed by atoms with van der Waals surface area (Å²) in [4.78, 5) is 2.34. The topological polar surface area (TPSA) is 8.17 Å². The summed E-state index contributed by atoms with van der Waals surface area (Å²) in [7, 11) is 0. The maximum atomic E-state index is 2.55. The summed E-state index contributed by atoms with van der Waals surface area (Å²) < 4.78 is 2.55. The Morgan fingerprint density at radius 1 is 0.379 bits per heavy atom. The first kappa shape index (κ1) is 34.4. The molecule has 1 heterocycles. The highest BCUT2D eigenvalue weighted by molar-refractivity contribution is 6.00. The molecule has 0 radical (unpaired) electrons. The van der Waals surface area contributed by atoms with Gasteiger partial charge in [0.1, 0.15) is 0 Å². The number of hydrogen-bond acceptors (Lipinski definition) is 1. The molecule has 0 fully saturated rings. The van der Waals surface area contributed by atoms with Crippen LogP contribution in [0.3, 0.4) is 0 Å². The van der Waals surface area contributed by atoms with Crippen molar-refractivity contribution >= 4 is 28.0 Å². The van der Waals surface area contributed by atoms with Crippen LogP contribution in [0.1, 0.15) is 49.9 Å². The van der Waals surface area contributed by atoms with E-state index in [2.05, 4.69) is 231 Å². The fourth-order valence-electron chi connectivity index (χ4n) is 10.1. The quantitative estimate of drug-likeness (QED) is 0.165. The molecule has 2 nitrogen and oxygen atoms in total. The van der Waals surface area contributed by atoms with Gasteiger partial charge in [0.25, 0.3) is 0 Å². The van der Waals surface area contributed by atoms with E-state index in [1.165, 1.54) is 83.5 Å². The lowest BCUT2D eigenvalue weighted by Crippen LogP contribution is -2.15. The van der Waals surface area contributed by atoms with Crippen molar-refractivity contribution in [2.24, 2.45) is 0 Å². The van der Waals surface area contributed by atoms with E-state index in [-0.39, 0.29) is 10.8 Å². The second-order valence-electron chi connectivity index (χ2n) is 17.0. The van der Waals surface area contributed by atoms with E-state index in [4.69, 9.17) is 0 Å². The molecule has 9 aromatic rings. The van der Waals surface area contributed by atoms with E-state index in [0.717, 1.165) is 17.1 Å². The molecule has 1 aromatic heterocycles. The third-order valence-electron chi connectivity index (χ3n) is 13.0. The van der Waals surface area contributed by atoms with Gasteiger partial charge in [-0.05, 0) is 116 Å². The zero-order valence-electron chi connectivity index (χ0n) is 33.4. The second-order valence-corrected chi connectivity index (χ2v) is 17.0. The Morgan fingerprint density at radius 2 is 0.914 bits per heavy atom. The summed E-state index contributed by atoms with van der Waals surface area (Å²) in [5.41, 5.74) is 21.3. The lowest BCUT2D eigenvalue weighted by Gasteiger charge is -2.26. The van der Waals surface area contributed by atoms with Gasteiger partial charge in [-0.15, -0.1) is 0 Å². The molecule has 0 spiro atoms. The Hall–Kier alpha value is -6.90. The molecule has 0 unspecified atom stereocenters. The van der Waals surface area contributed by atoms with Crippen LogP contribution in [-0.4, -0.2) is 4.57 Å². The molecule has 0 saturated heterocycles. The molecular formula is C56H44N2. The SMILES string of the molecule is CC1(C)c2ccccc2-c2ccc(-n3c4c(c5ccccc53)C(C)(C)c3ccc(-c5ccc(N(c6ccccc6)c6ccc(-c7ccccc7)cc6)cc5)cc3-4)cc21. The number of aromatic nitrogens is 1. The number of anilines is 3. The first-order valence-electron chi connectivity index (χ1n) is 20.4. The molecule has 0 atom stereocenters. The van der Waals surface area contributed by atoms with Crippen LogP contribution in [-0.2, 0) is 10.8 Å². The molecule has 8 aromatic carbocycles. The third kappa shape index (κ3) is 5.11. The smallest absolute Gasteiger partial charge is 0.0585 e. The summed E-state index contributed by atoms with van der Waals surface area (Å²) in [6, 6.07) is 71.4. The molecule has 0 N–H and O–H groups in total. The molecule has 0 amide bonds. The highest BCUT2D eigenvalue weighted by Crippen LogP contribution is 2.55. The molecule has 58 heavy (non-hydrogen) atoms. The number of benzene rings is 8. The zero-order valence-corrected chi connectivity index (χ0v) is 33.4.